The molecule has 0 saturated heterocycles. The van der Waals surface area contributed by atoms with Gasteiger partial charge in [0.15, 0.2) is 0 Å². The zero-order chi connectivity index (χ0) is 9.90. The predicted molar refractivity (Wildman–Crippen MR) is 56.0 cm³/mol. The number of aromatic nitrogens is 2. The molecule has 0 fully saturated rings. The van der Waals surface area contributed by atoms with Gasteiger partial charge >= 0.3 is 0 Å². The van der Waals surface area contributed by atoms with Crippen molar-refractivity contribution >= 4 is 16.7 Å². The van der Waals surface area contributed by atoms with Crippen LogP contribution in [0, 0.1) is 12.3 Å². The summed E-state index contributed by atoms with van der Waals surface area (Å²) < 4.78 is 4.08. The molecule has 0 radical (unpaired) electrons. The van der Waals surface area contributed by atoms with Gasteiger partial charge in [-0.1, -0.05) is 13.8 Å². The second-order valence-corrected chi connectivity index (χ2v) is 4.62. The van der Waals surface area contributed by atoms with Crippen LogP contribution in [0.5, 0.6) is 0 Å². The molecule has 1 aromatic heterocycles. The van der Waals surface area contributed by atoms with E-state index in [9.17, 15) is 0 Å². The number of nitrogens with zero attached hydrogens (tertiary/aromatic N) is 2. The number of aryl methyl sites for hydroxylation is 1. The first kappa shape index (κ1) is 10.4. The first-order chi connectivity index (χ1) is 6.03. The molecule has 0 unspecified atom stereocenters. The second-order valence-electron chi connectivity index (χ2n) is 3.87. The number of hydrogen-bond acceptors (Lipinski definition) is 5. The molecule has 3 N–H and O–H groups in total. The monoisotopic (exact) mass is 200 g/mol. The van der Waals surface area contributed by atoms with Crippen LogP contribution in [0.1, 0.15) is 19.7 Å². The maximum Gasteiger partial charge on any atom is 0.202 e. The molecule has 4 nitrogen and oxygen atoms in total. The molecule has 0 aliphatic rings. The second kappa shape index (κ2) is 4.02. The molecule has 0 atom stereocenters. The van der Waals surface area contributed by atoms with Gasteiger partial charge in [-0.3, -0.25) is 0 Å². The predicted octanol–water partition coefficient (Wildman–Crippen LogP) is 1.24. The van der Waals surface area contributed by atoms with Gasteiger partial charge in [-0.05, 0) is 18.9 Å². The van der Waals surface area contributed by atoms with Crippen molar-refractivity contribution in [3.05, 3.63) is 5.82 Å². The Balaban J connectivity index is 2.43. The lowest BCUT2D eigenvalue weighted by Crippen LogP contribution is -2.31. The molecule has 0 bridgehead atoms. The number of nitrogens with two attached hydrogens (primary N) is 1. The van der Waals surface area contributed by atoms with Gasteiger partial charge in [0, 0.05) is 18.1 Å². The topological polar surface area (TPSA) is 63.8 Å². The van der Waals surface area contributed by atoms with Crippen molar-refractivity contribution in [3.8, 4) is 0 Å². The maximum absolute atomic E-state index is 5.60. The minimum absolute atomic E-state index is 0.111. The molecule has 0 amide bonds. The number of rotatable bonds is 4. The average molecular weight is 200 g/mol. The van der Waals surface area contributed by atoms with Gasteiger partial charge in [-0.2, -0.15) is 4.37 Å². The number of hydrogen-bond donors (Lipinski definition) is 2. The van der Waals surface area contributed by atoms with Crippen LogP contribution in [0.15, 0.2) is 0 Å². The summed E-state index contributed by atoms with van der Waals surface area (Å²) in [7, 11) is 0. The highest BCUT2D eigenvalue weighted by atomic mass is 32.1. The molecular weight excluding hydrogens is 184 g/mol. The lowest BCUT2D eigenvalue weighted by atomic mass is 9.94. The van der Waals surface area contributed by atoms with Gasteiger partial charge < -0.3 is 11.1 Å². The van der Waals surface area contributed by atoms with Crippen molar-refractivity contribution in [1.29, 1.82) is 0 Å². The third-order valence-electron chi connectivity index (χ3n) is 1.80. The molecule has 0 saturated carbocycles. The fourth-order valence-corrected chi connectivity index (χ4v) is 1.32. The summed E-state index contributed by atoms with van der Waals surface area (Å²) in [5, 5.41) is 4.10. The van der Waals surface area contributed by atoms with Crippen LogP contribution < -0.4 is 11.1 Å². The molecule has 0 aliphatic heterocycles. The lowest BCUT2D eigenvalue weighted by Gasteiger charge is -2.21. The van der Waals surface area contributed by atoms with Crippen molar-refractivity contribution in [3.63, 3.8) is 0 Å². The van der Waals surface area contributed by atoms with Gasteiger partial charge in [0.1, 0.15) is 5.82 Å². The van der Waals surface area contributed by atoms with E-state index < -0.39 is 0 Å². The van der Waals surface area contributed by atoms with Crippen molar-refractivity contribution in [2.75, 3.05) is 18.4 Å². The van der Waals surface area contributed by atoms with E-state index in [1.165, 1.54) is 11.5 Å². The van der Waals surface area contributed by atoms with E-state index in [0.29, 0.717) is 6.54 Å². The SMILES string of the molecule is Cc1nsc(NCC(C)(C)CN)n1. The molecule has 74 valence electrons. The number of anilines is 1. The Morgan fingerprint density at radius 3 is 2.69 bits per heavy atom. The third kappa shape index (κ3) is 3.28. The Morgan fingerprint density at radius 2 is 2.23 bits per heavy atom. The first-order valence-electron chi connectivity index (χ1n) is 4.28. The fourth-order valence-electron chi connectivity index (χ4n) is 0.756. The Hall–Kier alpha value is -0.680. The molecule has 13 heavy (non-hydrogen) atoms. The summed E-state index contributed by atoms with van der Waals surface area (Å²) in [4.78, 5) is 4.20. The quantitative estimate of drug-likeness (QED) is 0.767. The van der Waals surface area contributed by atoms with Crippen molar-refractivity contribution < 1.29 is 0 Å². The molecule has 0 spiro atoms. The summed E-state index contributed by atoms with van der Waals surface area (Å²) in [6.45, 7) is 7.62. The zero-order valence-corrected chi connectivity index (χ0v) is 9.11. The summed E-state index contributed by atoms with van der Waals surface area (Å²) in [6, 6.07) is 0. The fraction of sp³-hybridized carbons (Fsp3) is 0.750. The van der Waals surface area contributed by atoms with Gasteiger partial charge in [0.05, 0.1) is 0 Å². The van der Waals surface area contributed by atoms with Crippen LogP contribution in [0.25, 0.3) is 0 Å². The standard InChI is InChI=1S/C8H16N4S/c1-6-11-7(13-12-6)10-5-8(2,3)4-9/h4-5,9H2,1-3H3,(H,10,11,12). The van der Waals surface area contributed by atoms with E-state index >= 15 is 0 Å². The Kier molecular flexibility index (Phi) is 3.22. The lowest BCUT2D eigenvalue weighted by molar-refractivity contribution is 0.405. The van der Waals surface area contributed by atoms with Gasteiger partial charge in [-0.15, -0.1) is 0 Å². The van der Waals surface area contributed by atoms with Crippen LogP contribution in [0.4, 0.5) is 5.13 Å². The molecule has 5 heteroatoms. The van der Waals surface area contributed by atoms with E-state index in [1.54, 1.807) is 0 Å². The van der Waals surface area contributed by atoms with E-state index in [2.05, 4.69) is 28.5 Å². The smallest absolute Gasteiger partial charge is 0.202 e. The van der Waals surface area contributed by atoms with E-state index in [4.69, 9.17) is 5.73 Å². The van der Waals surface area contributed by atoms with Crippen LogP contribution in [0.3, 0.4) is 0 Å². The van der Waals surface area contributed by atoms with E-state index in [-0.39, 0.29) is 5.41 Å². The minimum Gasteiger partial charge on any atom is -0.360 e. The van der Waals surface area contributed by atoms with Crippen LogP contribution >= 0.6 is 11.5 Å². The summed E-state index contributed by atoms with van der Waals surface area (Å²) in [5.74, 6) is 0.818. The van der Waals surface area contributed by atoms with Crippen molar-refractivity contribution in [2.24, 2.45) is 11.1 Å². The minimum atomic E-state index is 0.111. The molecular formula is C8H16N4S. The Labute approximate surface area is 82.7 Å². The average Bonchev–Trinajstić information content (AvgIpc) is 2.48. The molecule has 0 aromatic carbocycles. The largest absolute Gasteiger partial charge is 0.360 e. The van der Waals surface area contributed by atoms with Crippen LogP contribution in [0.2, 0.25) is 0 Å². The summed E-state index contributed by atoms with van der Waals surface area (Å²) in [6.07, 6.45) is 0. The van der Waals surface area contributed by atoms with Gasteiger partial charge in [0.25, 0.3) is 0 Å². The highest BCUT2D eigenvalue weighted by Crippen LogP contribution is 2.16. The maximum atomic E-state index is 5.60. The van der Waals surface area contributed by atoms with Gasteiger partial charge in [-0.25, -0.2) is 4.98 Å². The van der Waals surface area contributed by atoms with E-state index in [0.717, 1.165) is 17.5 Å². The molecule has 1 rings (SSSR count). The Morgan fingerprint density at radius 1 is 1.54 bits per heavy atom. The summed E-state index contributed by atoms with van der Waals surface area (Å²) in [5.41, 5.74) is 5.71. The summed E-state index contributed by atoms with van der Waals surface area (Å²) >= 11 is 1.39. The first-order valence-corrected chi connectivity index (χ1v) is 5.05. The molecule has 1 aromatic rings. The third-order valence-corrected chi connectivity index (χ3v) is 2.56. The van der Waals surface area contributed by atoms with Crippen LogP contribution in [-0.4, -0.2) is 22.4 Å². The molecule has 1 heterocycles. The van der Waals surface area contributed by atoms with E-state index in [1.807, 2.05) is 6.92 Å². The Bertz CT molecular complexity index is 269. The van der Waals surface area contributed by atoms with Crippen molar-refractivity contribution in [1.82, 2.24) is 9.36 Å². The van der Waals surface area contributed by atoms with Crippen LogP contribution in [-0.2, 0) is 0 Å². The van der Waals surface area contributed by atoms with Gasteiger partial charge in [0.2, 0.25) is 5.13 Å². The normalized spacial score (nSPS) is 11.7. The molecule has 0 aliphatic carbocycles. The van der Waals surface area contributed by atoms with Crippen molar-refractivity contribution in [2.45, 2.75) is 20.8 Å². The highest BCUT2D eigenvalue weighted by Gasteiger charge is 2.15. The zero-order valence-electron chi connectivity index (χ0n) is 8.29. The highest BCUT2D eigenvalue weighted by molar-refractivity contribution is 7.09. The number of nitrogens with one attached hydrogen (secondary N) is 1.